The maximum Gasteiger partial charge on any atom is 0.405 e. The van der Waals surface area contributed by atoms with E-state index in [1.165, 1.54) is 0 Å². The summed E-state index contributed by atoms with van der Waals surface area (Å²) in [6.45, 7) is 1.97. The molecule has 3 heteroatoms. The second kappa shape index (κ2) is 2.48. The zero-order valence-corrected chi connectivity index (χ0v) is 6.18. The lowest BCUT2D eigenvalue weighted by molar-refractivity contribution is 0.180. The molecule has 0 atom stereocenters. The second-order valence-electron chi connectivity index (χ2n) is 3.20. The third-order valence-corrected chi connectivity index (χ3v) is 2.12. The van der Waals surface area contributed by atoms with Crippen molar-refractivity contribution in [3.8, 4) is 0 Å². The lowest BCUT2D eigenvalue weighted by Gasteiger charge is -2.22. The van der Waals surface area contributed by atoms with Crippen LogP contribution >= 0.6 is 0 Å². The zero-order chi connectivity index (χ0) is 7.61. The molecule has 2 N–H and O–H groups in total. The zero-order valence-electron chi connectivity index (χ0n) is 6.18. The molecule has 0 radical (unpaired) electrons. The lowest BCUT2D eigenvalue weighted by atomic mass is 10.0. The third-order valence-electron chi connectivity index (χ3n) is 2.12. The molecular formula is C7H13NO2. The minimum Gasteiger partial charge on any atom is -0.465 e. The average molecular weight is 143 g/mol. The Labute approximate surface area is 60.4 Å². The summed E-state index contributed by atoms with van der Waals surface area (Å²) < 4.78 is 0. The van der Waals surface area contributed by atoms with Crippen molar-refractivity contribution in [2.75, 3.05) is 0 Å². The van der Waals surface area contributed by atoms with Gasteiger partial charge in [-0.2, -0.15) is 0 Å². The van der Waals surface area contributed by atoms with E-state index in [0.29, 0.717) is 0 Å². The van der Waals surface area contributed by atoms with Crippen LogP contribution in [0.25, 0.3) is 0 Å². The second-order valence-corrected chi connectivity index (χ2v) is 3.20. The molecule has 0 heterocycles. The topological polar surface area (TPSA) is 49.3 Å². The first-order valence-electron chi connectivity index (χ1n) is 3.63. The minimum atomic E-state index is -0.899. The first-order valence-corrected chi connectivity index (χ1v) is 3.63. The molecule has 1 saturated carbocycles. The molecule has 1 rings (SSSR count). The van der Waals surface area contributed by atoms with E-state index in [1.54, 1.807) is 0 Å². The van der Waals surface area contributed by atoms with Gasteiger partial charge in [-0.05, 0) is 19.8 Å². The molecule has 0 saturated heterocycles. The Morgan fingerprint density at radius 2 is 2.00 bits per heavy atom. The highest BCUT2D eigenvalue weighted by atomic mass is 16.4. The molecule has 1 amide bonds. The minimum absolute atomic E-state index is 0.133. The molecular weight excluding hydrogens is 130 g/mol. The van der Waals surface area contributed by atoms with Crippen LogP contribution in [-0.2, 0) is 0 Å². The monoisotopic (exact) mass is 143 g/mol. The van der Waals surface area contributed by atoms with Crippen molar-refractivity contribution in [3.63, 3.8) is 0 Å². The largest absolute Gasteiger partial charge is 0.465 e. The van der Waals surface area contributed by atoms with Gasteiger partial charge in [0.05, 0.1) is 0 Å². The molecule has 0 aromatic heterocycles. The Morgan fingerprint density at radius 1 is 1.50 bits per heavy atom. The van der Waals surface area contributed by atoms with E-state index in [1.807, 2.05) is 6.92 Å². The summed E-state index contributed by atoms with van der Waals surface area (Å²) in [6.07, 6.45) is 3.37. The predicted octanol–water partition coefficient (Wildman–Crippen LogP) is 1.59. The van der Waals surface area contributed by atoms with Crippen LogP contribution in [0.3, 0.4) is 0 Å². The Hall–Kier alpha value is -0.730. The van der Waals surface area contributed by atoms with Crippen molar-refractivity contribution < 1.29 is 9.90 Å². The van der Waals surface area contributed by atoms with Gasteiger partial charge < -0.3 is 10.4 Å². The number of rotatable bonds is 1. The van der Waals surface area contributed by atoms with Crippen LogP contribution in [0.2, 0.25) is 0 Å². The number of hydrogen-bond donors (Lipinski definition) is 2. The van der Waals surface area contributed by atoms with Gasteiger partial charge in [-0.25, -0.2) is 4.79 Å². The smallest absolute Gasteiger partial charge is 0.405 e. The van der Waals surface area contributed by atoms with Crippen LogP contribution in [0.15, 0.2) is 0 Å². The molecule has 1 aliphatic carbocycles. The van der Waals surface area contributed by atoms with E-state index in [2.05, 4.69) is 5.32 Å². The van der Waals surface area contributed by atoms with Gasteiger partial charge in [0.15, 0.2) is 0 Å². The Bertz CT molecular complexity index is 139. The maximum absolute atomic E-state index is 10.2. The number of hydrogen-bond acceptors (Lipinski definition) is 1. The van der Waals surface area contributed by atoms with Crippen molar-refractivity contribution in [2.24, 2.45) is 0 Å². The van der Waals surface area contributed by atoms with Crippen LogP contribution in [-0.4, -0.2) is 16.7 Å². The van der Waals surface area contributed by atoms with Crippen LogP contribution in [0.4, 0.5) is 4.79 Å². The fraction of sp³-hybridized carbons (Fsp3) is 0.857. The molecule has 3 nitrogen and oxygen atoms in total. The Balaban J connectivity index is 2.43. The normalized spacial score (nSPS) is 22.5. The van der Waals surface area contributed by atoms with E-state index < -0.39 is 6.09 Å². The summed E-state index contributed by atoms with van der Waals surface area (Å²) in [5.74, 6) is 0. The third kappa shape index (κ3) is 1.62. The van der Waals surface area contributed by atoms with E-state index in [-0.39, 0.29) is 5.54 Å². The summed E-state index contributed by atoms with van der Waals surface area (Å²) in [4.78, 5) is 10.2. The van der Waals surface area contributed by atoms with Gasteiger partial charge in [-0.3, -0.25) is 0 Å². The molecule has 0 aliphatic heterocycles. The summed E-state index contributed by atoms with van der Waals surface area (Å²) in [5, 5.41) is 11.0. The van der Waals surface area contributed by atoms with Crippen molar-refractivity contribution in [2.45, 2.75) is 38.1 Å². The lowest BCUT2D eigenvalue weighted by Crippen LogP contribution is -2.42. The summed E-state index contributed by atoms with van der Waals surface area (Å²) >= 11 is 0. The molecule has 0 bridgehead atoms. The van der Waals surface area contributed by atoms with Gasteiger partial charge >= 0.3 is 6.09 Å². The average Bonchev–Trinajstić information content (AvgIpc) is 2.12. The first-order chi connectivity index (χ1) is 4.62. The maximum atomic E-state index is 10.2. The van der Waals surface area contributed by atoms with E-state index in [0.717, 1.165) is 25.7 Å². The Kier molecular flexibility index (Phi) is 1.83. The molecule has 1 fully saturated rings. The summed E-state index contributed by atoms with van der Waals surface area (Å²) in [6, 6.07) is 0. The van der Waals surface area contributed by atoms with Crippen molar-refractivity contribution in [1.82, 2.24) is 5.32 Å². The molecule has 58 valence electrons. The number of carbonyl (C=O) groups is 1. The SMILES string of the molecule is CC1(NC(=O)O)CCCC1. The summed E-state index contributed by atoms with van der Waals surface area (Å²) in [7, 11) is 0. The van der Waals surface area contributed by atoms with Gasteiger partial charge in [-0.1, -0.05) is 12.8 Å². The molecule has 1 aliphatic rings. The first kappa shape index (κ1) is 7.38. The van der Waals surface area contributed by atoms with Crippen LogP contribution in [0, 0.1) is 0 Å². The highest BCUT2D eigenvalue weighted by molar-refractivity contribution is 5.65. The molecule has 0 aromatic carbocycles. The fourth-order valence-corrected chi connectivity index (χ4v) is 1.54. The van der Waals surface area contributed by atoms with Gasteiger partial charge in [0, 0.05) is 5.54 Å². The van der Waals surface area contributed by atoms with Crippen molar-refractivity contribution in [3.05, 3.63) is 0 Å². The van der Waals surface area contributed by atoms with Crippen LogP contribution in [0.5, 0.6) is 0 Å². The van der Waals surface area contributed by atoms with Crippen molar-refractivity contribution in [1.29, 1.82) is 0 Å². The highest BCUT2D eigenvalue weighted by Crippen LogP contribution is 2.28. The molecule has 0 unspecified atom stereocenters. The van der Waals surface area contributed by atoms with E-state index in [4.69, 9.17) is 5.11 Å². The van der Waals surface area contributed by atoms with Crippen molar-refractivity contribution >= 4 is 6.09 Å². The predicted molar refractivity (Wildman–Crippen MR) is 38.0 cm³/mol. The quantitative estimate of drug-likeness (QED) is 0.585. The fourth-order valence-electron chi connectivity index (χ4n) is 1.54. The van der Waals surface area contributed by atoms with E-state index >= 15 is 0 Å². The number of nitrogens with one attached hydrogen (secondary N) is 1. The molecule has 10 heavy (non-hydrogen) atoms. The van der Waals surface area contributed by atoms with Crippen LogP contribution < -0.4 is 5.32 Å². The summed E-state index contributed by atoms with van der Waals surface area (Å²) in [5.41, 5.74) is -0.133. The standard InChI is InChI=1S/C7H13NO2/c1-7(8-6(9)10)4-2-3-5-7/h8H,2-5H2,1H3,(H,9,10). The van der Waals surface area contributed by atoms with E-state index in [9.17, 15) is 4.79 Å². The van der Waals surface area contributed by atoms with Gasteiger partial charge in [0.25, 0.3) is 0 Å². The highest BCUT2D eigenvalue weighted by Gasteiger charge is 2.29. The molecule has 0 aromatic rings. The number of carboxylic acid groups (broad SMARTS) is 1. The number of amides is 1. The Morgan fingerprint density at radius 3 is 2.40 bits per heavy atom. The van der Waals surface area contributed by atoms with Gasteiger partial charge in [-0.15, -0.1) is 0 Å². The van der Waals surface area contributed by atoms with Gasteiger partial charge in [0.1, 0.15) is 0 Å². The molecule has 0 spiro atoms. The van der Waals surface area contributed by atoms with Crippen LogP contribution in [0.1, 0.15) is 32.6 Å². The van der Waals surface area contributed by atoms with Gasteiger partial charge in [0.2, 0.25) is 0 Å².